The molecule has 2 aliphatic heterocycles. The molecule has 8 bridgehead atoms. The third-order valence-electron chi connectivity index (χ3n) is 17.9. The van der Waals surface area contributed by atoms with E-state index in [-0.39, 0.29) is 21.1 Å². The average Bonchev–Trinajstić information content (AvgIpc) is 4.29. The van der Waals surface area contributed by atoms with Gasteiger partial charge >= 0.3 is 21.1 Å². The van der Waals surface area contributed by atoms with Gasteiger partial charge in [0, 0.05) is 22.3 Å². The molecule has 0 saturated heterocycles. The minimum Gasteiger partial charge on any atom is -0.656 e. The zero-order chi connectivity index (χ0) is 54.1. The molecular weight excluding hydrogens is 1160 g/mol. The van der Waals surface area contributed by atoms with Crippen molar-refractivity contribution in [2.75, 3.05) is 0 Å². The van der Waals surface area contributed by atoms with Crippen LogP contribution in [-0.4, -0.2) is 9.97 Å². The quantitative estimate of drug-likeness (QED) is 0.0714. The summed E-state index contributed by atoms with van der Waals surface area (Å²) in [4.78, 5) is 24.8. The molecule has 2 aliphatic rings. The summed E-state index contributed by atoms with van der Waals surface area (Å²) in [5, 5.41) is 14.8. The van der Waals surface area contributed by atoms with Gasteiger partial charge in [0.1, 0.15) is 0 Å². The van der Waals surface area contributed by atoms with Gasteiger partial charge in [-0.1, -0.05) is 202 Å². The van der Waals surface area contributed by atoms with E-state index in [9.17, 15) is 0 Å². The van der Waals surface area contributed by atoms with Crippen LogP contribution in [0.5, 0.6) is 0 Å². The predicted molar refractivity (Wildman–Crippen MR) is 344 cm³/mol. The van der Waals surface area contributed by atoms with Crippen molar-refractivity contribution in [2.24, 2.45) is 0 Å². The second-order valence-electron chi connectivity index (χ2n) is 23.4. The third kappa shape index (κ3) is 10.3. The van der Waals surface area contributed by atoms with E-state index in [1.165, 1.54) is 161 Å². The van der Waals surface area contributed by atoms with Gasteiger partial charge in [-0.05, 0) is 187 Å². The summed E-state index contributed by atoms with van der Waals surface area (Å²) in [6.45, 7) is 9.28. The van der Waals surface area contributed by atoms with Crippen molar-refractivity contribution in [2.45, 2.75) is 156 Å². The minimum absolute atomic E-state index is 0. The fraction of sp³-hybridized carbons (Fsp3) is 0.316. The van der Waals surface area contributed by atoms with Gasteiger partial charge in [0.15, 0.2) is 0 Å². The van der Waals surface area contributed by atoms with Crippen LogP contribution in [0.3, 0.4) is 0 Å². The Morgan fingerprint density at radius 3 is 0.691 bits per heavy atom. The Kier molecular flexibility index (Phi) is 16.4. The van der Waals surface area contributed by atoms with Crippen molar-refractivity contribution in [3.05, 3.63) is 168 Å². The number of unbranched alkanes of at least 4 members (excludes halogenated alkanes) is 12. The zero-order valence-electron chi connectivity index (χ0n) is 48.1. The number of hydrogen-bond acceptors (Lipinski definition) is 2. The summed E-state index contributed by atoms with van der Waals surface area (Å²) in [5.74, 6) is 0. The van der Waals surface area contributed by atoms with Gasteiger partial charge < -0.3 is 9.97 Å². The number of aryl methyl sites for hydroxylation is 4. The molecule has 0 atom stereocenters. The molecule has 0 spiro atoms. The van der Waals surface area contributed by atoms with Crippen molar-refractivity contribution in [1.29, 1.82) is 0 Å². The molecule has 4 nitrogen and oxygen atoms in total. The minimum atomic E-state index is 0. The zero-order valence-corrected chi connectivity index (χ0v) is 50.4. The summed E-state index contributed by atoms with van der Waals surface area (Å²) < 4.78 is 0. The maximum absolute atomic E-state index is 6.19. The molecule has 81 heavy (non-hydrogen) atoms. The van der Waals surface area contributed by atoms with E-state index >= 15 is 0 Å². The summed E-state index contributed by atoms with van der Waals surface area (Å²) in [7, 11) is 0. The van der Waals surface area contributed by atoms with Gasteiger partial charge in [-0.25, -0.2) is 9.97 Å². The largest absolute Gasteiger partial charge is 2.00 e. The summed E-state index contributed by atoms with van der Waals surface area (Å²) in [5.41, 5.74) is 18.5. The van der Waals surface area contributed by atoms with Crippen LogP contribution in [0.25, 0.3) is 132 Å². The van der Waals surface area contributed by atoms with E-state index in [0.717, 1.165) is 122 Å². The Morgan fingerprint density at radius 1 is 0.272 bits per heavy atom. The van der Waals surface area contributed by atoms with Crippen molar-refractivity contribution in [3.8, 4) is 45.0 Å². The molecule has 0 N–H and O–H groups in total. The van der Waals surface area contributed by atoms with Crippen LogP contribution >= 0.6 is 0 Å². The topological polar surface area (TPSA) is 54.0 Å². The summed E-state index contributed by atoms with van der Waals surface area (Å²) >= 11 is 0. The van der Waals surface area contributed by atoms with E-state index < -0.39 is 0 Å². The van der Waals surface area contributed by atoms with Gasteiger partial charge in [0.05, 0.1) is 22.8 Å². The van der Waals surface area contributed by atoms with Crippen molar-refractivity contribution < 1.29 is 21.1 Å². The molecule has 0 fully saturated rings. The fourth-order valence-corrected chi connectivity index (χ4v) is 13.6. The normalized spacial score (nSPS) is 12.1. The number of nitrogens with zero attached hydrogens (tertiary/aromatic N) is 4. The first-order chi connectivity index (χ1) is 39.5. The Labute approximate surface area is 493 Å². The van der Waals surface area contributed by atoms with Gasteiger partial charge in [-0.3, -0.25) is 0 Å². The van der Waals surface area contributed by atoms with Gasteiger partial charge in [-0.15, -0.1) is 22.1 Å². The van der Waals surface area contributed by atoms with E-state index in [0.29, 0.717) is 0 Å². The smallest absolute Gasteiger partial charge is 0.656 e. The molecule has 5 heteroatoms. The molecule has 11 aromatic rings. The predicted octanol–water partition coefficient (Wildman–Crippen LogP) is 21.6. The molecule has 0 aliphatic carbocycles. The van der Waals surface area contributed by atoms with Gasteiger partial charge in [0.2, 0.25) is 0 Å². The molecule has 13 rings (SSSR count). The SMILES string of the molecule is CCCCCCc1c2nc(c(CCCCCC)c3[n-]c(c(CCCCCC)c4nc(c(CCCCCC)c5[n-]c1c1cc6ccccc6cc51)-c1cc5ccccc5cc1-4)c1cc4ccccc4cc31)-c1cc3ccccc3cc1-2.[Pt+2]. The Balaban J connectivity index is 0.00000651. The van der Waals surface area contributed by atoms with Crippen molar-refractivity contribution in [1.82, 2.24) is 19.9 Å². The summed E-state index contributed by atoms with van der Waals surface area (Å²) in [6.07, 6.45) is 21.9. The molecule has 8 aromatic carbocycles. The Morgan fingerprint density at radius 2 is 0.481 bits per heavy atom. The second kappa shape index (κ2) is 24.3. The van der Waals surface area contributed by atoms with E-state index in [1.807, 2.05) is 0 Å². The van der Waals surface area contributed by atoms with E-state index in [1.54, 1.807) is 0 Å². The first-order valence-corrected chi connectivity index (χ1v) is 31.0. The first kappa shape index (κ1) is 54.7. The molecular formula is C76H76N4Pt. The standard InChI is InChI=1S/C76H76N4.Pt/c1-5-9-13-17-37-57-69-61-41-49-29-21-23-31-51(49)43-63(61)71(77-69)58(38-18-14-10-6-2)73-65-45-53-33-25-27-35-55(53)47-67(65)75(79-73)60(40-20-16-12-8-4)76-68-48-56-36-28-26-34-54(56)46-66(68)74(80-76)59(39-19-15-11-7-3)72-64-44-52-32-24-22-30-50(52)42-62(64)70(57)78-72;/h21-36,41-48H,5-20,37-40H2,1-4H3;/q-2;+2. The van der Waals surface area contributed by atoms with Crippen LogP contribution in [0.2, 0.25) is 0 Å². The molecule has 5 heterocycles. The molecule has 3 aromatic heterocycles. The summed E-state index contributed by atoms with van der Waals surface area (Å²) in [6, 6.07) is 55.5. The number of aromatic nitrogens is 4. The maximum atomic E-state index is 6.19. The first-order valence-electron chi connectivity index (χ1n) is 31.0. The Bertz CT molecular complexity index is 3780. The van der Waals surface area contributed by atoms with E-state index in [4.69, 9.17) is 19.9 Å². The van der Waals surface area contributed by atoms with Crippen LogP contribution in [-0.2, 0) is 46.7 Å². The molecule has 0 unspecified atom stereocenters. The molecule has 0 saturated carbocycles. The van der Waals surface area contributed by atoms with Crippen LogP contribution in [0, 0.1) is 0 Å². The molecule has 0 amide bonds. The van der Waals surface area contributed by atoms with Crippen LogP contribution < -0.4 is 9.97 Å². The third-order valence-corrected chi connectivity index (χ3v) is 17.9. The van der Waals surface area contributed by atoms with Crippen molar-refractivity contribution in [3.63, 3.8) is 0 Å². The van der Waals surface area contributed by atoms with Crippen molar-refractivity contribution >= 4 is 86.7 Å². The van der Waals surface area contributed by atoms with E-state index in [2.05, 4.69) is 173 Å². The fourth-order valence-electron chi connectivity index (χ4n) is 13.6. The monoisotopic (exact) mass is 1240 g/mol. The van der Waals surface area contributed by atoms with Gasteiger partial charge in [0.25, 0.3) is 0 Å². The number of benzene rings is 8. The molecule has 0 radical (unpaired) electrons. The van der Waals surface area contributed by atoms with Crippen LogP contribution in [0.4, 0.5) is 0 Å². The van der Waals surface area contributed by atoms with Gasteiger partial charge in [-0.2, -0.15) is 0 Å². The average molecular weight is 1240 g/mol. The molecule has 410 valence electrons. The number of fused-ring (bicyclic) bond motifs is 24. The van der Waals surface area contributed by atoms with Crippen LogP contribution in [0.15, 0.2) is 146 Å². The van der Waals surface area contributed by atoms with Crippen LogP contribution in [0.1, 0.15) is 153 Å². The Hall–Kier alpha value is -6.87. The number of rotatable bonds is 20. The number of hydrogen-bond donors (Lipinski definition) is 0. The maximum Gasteiger partial charge on any atom is 2.00 e. The second-order valence-corrected chi connectivity index (χ2v) is 23.4.